The van der Waals surface area contributed by atoms with Gasteiger partial charge in [-0.05, 0) is 54.7 Å². The number of hydrogen-bond donors (Lipinski definition) is 0. The topological polar surface area (TPSA) is 74.8 Å². The molecule has 0 atom stereocenters. The van der Waals surface area contributed by atoms with E-state index < -0.39 is 11.8 Å². The summed E-state index contributed by atoms with van der Waals surface area (Å²) < 4.78 is 0. The minimum atomic E-state index is -0.497. The molecule has 0 aliphatic rings. The van der Waals surface area contributed by atoms with Gasteiger partial charge >= 0.3 is 0 Å². The van der Waals surface area contributed by atoms with E-state index in [1.54, 1.807) is 9.80 Å². The first kappa shape index (κ1) is 51.9. The molecule has 2 aromatic rings. The van der Waals surface area contributed by atoms with Crippen molar-refractivity contribution in [2.45, 2.75) is 226 Å². The lowest BCUT2D eigenvalue weighted by atomic mass is 10.0. The van der Waals surface area contributed by atoms with Gasteiger partial charge in [0.2, 0.25) is 12.6 Å². The molecular weight excluding hydrogens is 729 g/mol. The summed E-state index contributed by atoms with van der Waals surface area (Å²) in [6.45, 7) is 5.64. The Labute approximate surface area is 362 Å². The third-order valence-corrected chi connectivity index (χ3v) is 12.1. The maximum Gasteiger partial charge on any atom is 0.291 e. The molecule has 0 N–H and O–H groups in total. The summed E-state index contributed by atoms with van der Waals surface area (Å²) in [6.07, 6.45) is 43.1. The van der Waals surface area contributed by atoms with Crippen molar-refractivity contribution in [3.05, 3.63) is 59.7 Å². The van der Waals surface area contributed by atoms with Crippen LogP contribution in [0.1, 0.15) is 230 Å². The van der Waals surface area contributed by atoms with Crippen LogP contribution in [-0.2, 0) is 25.6 Å². The van der Waals surface area contributed by atoms with Crippen molar-refractivity contribution in [1.29, 1.82) is 0 Å². The number of aldehydes is 2. The second kappa shape index (κ2) is 36.6. The molecule has 0 saturated heterocycles. The molecule has 0 aliphatic heterocycles. The van der Waals surface area contributed by atoms with Crippen molar-refractivity contribution in [2.75, 3.05) is 22.9 Å². The molecule has 59 heavy (non-hydrogen) atoms. The van der Waals surface area contributed by atoms with Crippen LogP contribution in [0.2, 0.25) is 0 Å². The Balaban J connectivity index is 1.65. The summed E-state index contributed by atoms with van der Waals surface area (Å²) in [6, 6.07) is 15.8. The summed E-state index contributed by atoms with van der Waals surface area (Å²) >= 11 is 0. The number of unbranched alkanes of at least 4 members (excludes halogenated alkanes) is 30. The minimum absolute atomic E-state index is 0.418. The van der Waals surface area contributed by atoms with E-state index in [0.29, 0.717) is 32.1 Å². The van der Waals surface area contributed by atoms with Gasteiger partial charge < -0.3 is 9.80 Å². The number of amides is 2. The third kappa shape index (κ3) is 25.8. The van der Waals surface area contributed by atoms with Gasteiger partial charge in [0.1, 0.15) is 0 Å². The molecule has 6 heteroatoms. The molecule has 2 aromatic carbocycles. The highest BCUT2D eigenvalue weighted by Gasteiger charge is 2.16. The van der Waals surface area contributed by atoms with E-state index in [4.69, 9.17) is 0 Å². The molecule has 0 radical (unpaired) electrons. The fourth-order valence-electron chi connectivity index (χ4n) is 8.32. The van der Waals surface area contributed by atoms with Gasteiger partial charge in [-0.15, -0.1) is 0 Å². The first-order valence-corrected chi connectivity index (χ1v) is 24.7. The lowest BCUT2D eigenvalue weighted by molar-refractivity contribution is -0.129. The number of hydrogen-bond acceptors (Lipinski definition) is 4. The Morgan fingerprint density at radius 1 is 0.356 bits per heavy atom. The SMILES string of the molecule is CCCCCCCCCCCCCCCCCCN(C(=O)C=O)c1ccc(Cc2ccc(N(CCCCCCCCCCCCCCCCCC)C(=O)C=O)cc2)cc1. The fraction of sp³-hybridized carbons (Fsp3) is 0.698. The monoisotopic (exact) mass is 815 g/mol. The molecule has 0 bridgehead atoms. The van der Waals surface area contributed by atoms with Crippen LogP contribution >= 0.6 is 0 Å². The Morgan fingerprint density at radius 2 is 0.576 bits per heavy atom. The normalized spacial score (nSPS) is 11.2. The van der Waals surface area contributed by atoms with Crippen LogP contribution in [0.4, 0.5) is 11.4 Å². The van der Waals surface area contributed by atoms with Crippen molar-refractivity contribution >= 4 is 35.8 Å². The van der Waals surface area contributed by atoms with Crippen LogP contribution in [0.3, 0.4) is 0 Å². The highest BCUT2D eigenvalue weighted by atomic mass is 16.2. The lowest BCUT2D eigenvalue weighted by Crippen LogP contribution is -2.32. The van der Waals surface area contributed by atoms with Gasteiger partial charge in [-0.1, -0.05) is 231 Å². The largest absolute Gasteiger partial charge is 0.306 e. The molecular formula is C53H86N2O4. The zero-order chi connectivity index (χ0) is 42.4. The Morgan fingerprint density at radius 3 is 0.797 bits per heavy atom. The van der Waals surface area contributed by atoms with Gasteiger partial charge in [0.05, 0.1) is 0 Å². The van der Waals surface area contributed by atoms with Crippen LogP contribution in [-0.4, -0.2) is 37.5 Å². The van der Waals surface area contributed by atoms with E-state index in [9.17, 15) is 19.2 Å². The first-order chi connectivity index (χ1) is 29.0. The fourth-order valence-corrected chi connectivity index (χ4v) is 8.32. The third-order valence-electron chi connectivity index (χ3n) is 12.1. The molecule has 0 heterocycles. The first-order valence-electron chi connectivity index (χ1n) is 24.7. The lowest BCUT2D eigenvalue weighted by Gasteiger charge is -2.21. The van der Waals surface area contributed by atoms with Crippen molar-refractivity contribution in [3.63, 3.8) is 0 Å². The van der Waals surface area contributed by atoms with Crippen LogP contribution < -0.4 is 9.80 Å². The molecule has 0 aliphatic carbocycles. The number of rotatable bonds is 40. The molecule has 0 unspecified atom stereocenters. The Hall–Kier alpha value is -3.28. The molecule has 2 rings (SSSR count). The van der Waals surface area contributed by atoms with Gasteiger partial charge in [0.15, 0.2) is 0 Å². The summed E-state index contributed by atoms with van der Waals surface area (Å²) in [5.41, 5.74) is 3.69. The number of carbonyl (C=O) groups excluding carboxylic acids is 4. The molecule has 0 fully saturated rings. The second-order valence-corrected chi connectivity index (χ2v) is 17.3. The van der Waals surface area contributed by atoms with Gasteiger partial charge in [-0.3, -0.25) is 19.2 Å². The van der Waals surface area contributed by atoms with Crippen LogP contribution in [0, 0.1) is 0 Å². The standard InChI is InChI=1S/C53H86N2O4/c1-3-5-7-9-11-13-15-17-19-21-23-25-27-29-31-33-43-54(52(58)46-56)50-39-35-48(36-40-50)45-49-37-41-51(42-38-49)55(53(59)47-57)44-34-32-30-28-26-24-22-20-18-16-14-12-10-8-6-4-2/h35-42,46-47H,3-34,43-45H2,1-2H3. The van der Waals surface area contributed by atoms with Gasteiger partial charge in [0.25, 0.3) is 11.8 Å². The van der Waals surface area contributed by atoms with Gasteiger partial charge in [-0.2, -0.15) is 0 Å². The zero-order valence-electron chi connectivity index (χ0n) is 38.0. The van der Waals surface area contributed by atoms with E-state index in [1.807, 2.05) is 48.5 Å². The highest BCUT2D eigenvalue weighted by Crippen LogP contribution is 2.22. The summed E-state index contributed by atoms with van der Waals surface area (Å²) in [7, 11) is 0. The average molecular weight is 815 g/mol. The molecule has 2 amide bonds. The predicted octanol–water partition coefficient (Wildman–Crippen LogP) is 14.9. The van der Waals surface area contributed by atoms with Crippen molar-refractivity contribution in [1.82, 2.24) is 0 Å². The van der Waals surface area contributed by atoms with E-state index in [0.717, 1.165) is 48.2 Å². The maximum absolute atomic E-state index is 12.6. The van der Waals surface area contributed by atoms with Crippen molar-refractivity contribution in [2.24, 2.45) is 0 Å². The number of benzene rings is 2. The van der Waals surface area contributed by atoms with E-state index in [-0.39, 0.29) is 0 Å². The summed E-state index contributed by atoms with van der Waals surface area (Å²) in [5.74, 6) is -0.994. The van der Waals surface area contributed by atoms with Crippen LogP contribution in [0.5, 0.6) is 0 Å². The quantitative estimate of drug-likeness (QED) is 0.0381. The summed E-state index contributed by atoms with van der Waals surface area (Å²) in [5, 5.41) is 0. The Kier molecular flexibility index (Phi) is 32.1. The number of carbonyl (C=O) groups is 4. The van der Waals surface area contributed by atoms with Crippen molar-refractivity contribution < 1.29 is 19.2 Å². The smallest absolute Gasteiger partial charge is 0.291 e. The maximum atomic E-state index is 12.6. The van der Waals surface area contributed by atoms with Gasteiger partial charge in [-0.25, -0.2) is 0 Å². The molecule has 0 spiro atoms. The minimum Gasteiger partial charge on any atom is -0.306 e. The van der Waals surface area contributed by atoms with Gasteiger partial charge in [0, 0.05) is 24.5 Å². The second-order valence-electron chi connectivity index (χ2n) is 17.3. The van der Waals surface area contributed by atoms with Crippen molar-refractivity contribution in [3.8, 4) is 0 Å². The predicted molar refractivity (Wildman–Crippen MR) is 252 cm³/mol. The molecule has 0 saturated carbocycles. The number of anilines is 2. The van der Waals surface area contributed by atoms with E-state index in [1.165, 1.54) is 180 Å². The van der Waals surface area contributed by atoms with E-state index >= 15 is 0 Å². The molecule has 332 valence electrons. The molecule has 6 nitrogen and oxygen atoms in total. The average Bonchev–Trinajstić information content (AvgIpc) is 3.26. The molecule has 0 aromatic heterocycles. The summed E-state index contributed by atoms with van der Waals surface area (Å²) in [4.78, 5) is 51.3. The van der Waals surface area contributed by atoms with Crippen LogP contribution in [0.15, 0.2) is 48.5 Å². The Bertz CT molecular complexity index is 1220. The number of nitrogens with zero attached hydrogens (tertiary/aromatic N) is 2. The van der Waals surface area contributed by atoms with E-state index in [2.05, 4.69) is 13.8 Å². The zero-order valence-corrected chi connectivity index (χ0v) is 38.0. The van der Waals surface area contributed by atoms with Crippen LogP contribution in [0.25, 0.3) is 0 Å². The highest BCUT2D eigenvalue weighted by molar-refractivity contribution is 6.30.